The van der Waals surface area contributed by atoms with E-state index >= 15 is 0 Å². The van der Waals surface area contributed by atoms with E-state index in [2.05, 4.69) is 5.32 Å². The van der Waals surface area contributed by atoms with E-state index in [-0.39, 0.29) is 16.2 Å². The Balaban J connectivity index is 1.88. The molecule has 1 fully saturated rings. The van der Waals surface area contributed by atoms with Crippen LogP contribution in [0.15, 0.2) is 46.4 Å². The zero-order valence-corrected chi connectivity index (χ0v) is 14.5. The van der Waals surface area contributed by atoms with E-state index < -0.39 is 17.8 Å². The van der Waals surface area contributed by atoms with Gasteiger partial charge in [-0.3, -0.25) is 19.8 Å². The van der Waals surface area contributed by atoms with Crippen molar-refractivity contribution in [2.75, 3.05) is 6.54 Å². The molecule has 0 atom stereocenters. The van der Waals surface area contributed by atoms with E-state index in [4.69, 9.17) is 21.7 Å². The van der Waals surface area contributed by atoms with Crippen LogP contribution >= 0.6 is 12.2 Å². The molecule has 0 saturated carbocycles. The lowest BCUT2D eigenvalue weighted by molar-refractivity contribution is -0.128. The van der Waals surface area contributed by atoms with Gasteiger partial charge in [0.25, 0.3) is 11.8 Å². The molecule has 2 heterocycles. The summed E-state index contributed by atoms with van der Waals surface area (Å²) < 4.78 is 5.66. The molecule has 1 aliphatic heterocycles. The van der Waals surface area contributed by atoms with E-state index in [1.54, 1.807) is 31.2 Å². The standard InChI is InChI=1S/C18H14N2O5S/c1-2-20-16(22)13(15(21)19-18(20)26)9-12-7-8-14(25-12)10-3-5-11(6-4-10)17(23)24/h3-9H,2H2,1H3,(H,23,24)(H,19,21,26)/b13-9+. The summed E-state index contributed by atoms with van der Waals surface area (Å²) in [7, 11) is 0. The molecule has 132 valence electrons. The predicted octanol–water partition coefficient (Wildman–Crippen LogP) is 2.29. The topological polar surface area (TPSA) is 99.8 Å². The second-order valence-electron chi connectivity index (χ2n) is 5.45. The predicted molar refractivity (Wildman–Crippen MR) is 97.2 cm³/mol. The minimum absolute atomic E-state index is 0.0671. The lowest BCUT2D eigenvalue weighted by Gasteiger charge is -2.27. The van der Waals surface area contributed by atoms with Crippen molar-refractivity contribution in [3.8, 4) is 11.3 Å². The Kier molecular flexibility index (Phi) is 4.68. The van der Waals surface area contributed by atoms with Crippen molar-refractivity contribution >= 4 is 41.2 Å². The molecule has 7 nitrogen and oxygen atoms in total. The first-order valence-electron chi connectivity index (χ1n) is 7.73. The highest BCUT2D eigenvalue weighted by atomic mass is 32.1. The molecular weight excluding hydrogens is 356 g/mol. The first-order valence-corrected chi connectivity index (χ1v) is 8.14. The molecule has 8 heteroatoms. The zero-order chi connectivity index (χ0) is 18.8. The number of hydrogen-bond acceptors (Lipinski definition) is 5. The average Bonchev–Trinajstić information content (AvgIpc) is 3.07. The van der Waals surface area contributed by atoms with Gasteiger partial charge in [0.2, 0.25) is 0 Å². The van der Waals surface area contributed by atoms with E-state index in [0.29, 0.717) is 23.6 Å². The van der Waals surface area contributed by atoms with Crippen LogP contribution in [0.3, 0.4) is 0 Å². The van der Waals surface area contributed by atoms with Crippen molar-refractivity contribution in [2.45, 2.75) is 6.92 Å². The van der Waals surface area contributed by atoms with Crippen molar-refractivity contribution in [3.63, 3.8) is 0 Å². The van der Waals surface area contributed by atoms with Crippen LogP contribution in [0.2, 0.25) is 0 Å². The third-order valence-corrected chi connectivity index (χ3v) is 4.15. The van der Waals surface area contributed by atoms with Crippen LogP contribution in [0, 0.1) is 0 Å². The van der Waals surface area contributed by atoms with E-state index in [1.165, 1.54) is 23.1 Å². The molecule has 0 bridgehead atoms. The van der Waals surface area contributed by atoms with Gasteiger partial charge in [-0.15, -0.1) is 0 Å². The Morgan fingerprint density at radius 1 is 1.23 bits per heavy atom. The lowest BCUT2D eigenvalue weighted by Crippen LogP contribution is -2.53. The number of rotatable bonds is 4. The highest BCUT2D eigenvalue weighted by Gasteiger charge is 2.32. The number of carboxylic acids is 1. The zero-order valence-electron chi connectivity index (χ0n) is 13.7. The summed E-state index contributed by atoms with van der Waals surface area (Å²) in [6.45, 7) is 2.10. The Bertz CT molecular complexity index is 943. The molecule has 1 saturated heterocycles. The molecule has 1 aromatic heterocycles. The highest BCUT2D eigenvalue weighted by molar-refractivity contribution is 7.80. The van der Waals surface area contributed by atoms with Crippen LogP contribution < -0.4 is 5.32 Å². The molecule has 0 spiro atoms. The third kappa shape index (κ3) is 3.27. The number of nitrogens with zero attached hydrogens (tertiary/aromatic N) is 1. The van der Waals surface area contributed by atoms with Gasteiger partial charge in [-0.1, -0.05) is 12.1 Å². The summed E-state index contributed by atoms with van der Waals surface area (Å²) >= 11 is 4.98. The largest absolute Gasteiger partial charge is 0.478 e. The summed E-state index contributed by atoms with van der Waals surface area (Å²) in [5.74, 6) is -1.26. The Morgan fingerprint density at radius 3 is 2.54 bits per heavy atom. The normalized spacial score (nSPS) is 16.1. The minimum atomic E-state index is -1.01. The lowest BCUT2D eigenvalue weighted by atomic mass is 10.1. The van der Waals surface area contributed by atoms with E-state index in [0.717, 1.165) is 0 Å². The fourth-order valence-electron chi connectivity index (χ4n) is 2.49. The molecule has 2 N–H and O–H groups in total. The smallest absolute Gasteiger partial charge is 0.335 e. The van der Waals surface area contributed by atoms with Gasteiger partial charge in [-0.05, 0) is 49.5 Å². The number of carboxylic acid groups (broad SMARTS) is 1. The summed E-state index contributed by atoms with van der Waals surface area (Å²) in [5.41, 5.74) is 0.778. The number of benzene rings is 1. The van der Waals surface area contributed by atoms with Crippen molar-refractivity contribution < 1.29 is 23.9 Å². The first kappa shape index (κ1) is 17.6. The summed E-state index contributed by atoms with van der Waals surface area (Å²) in [4.78, 5) is 36.6. The van der Waals surface area contributed by atoms with Crippen molar-refractivity contribution in [2.24, 2.45) is 0 Å². The van der Waals surface area contributed by atoms with E-state index in [1.807, 2.05) is 0 Å². The molecule has 2 aromatic rings. The number of carbonyl (C=O) groups is 3. The number of hydrogen-bond donors (Lipinski definition) is 2. The number of likely N-dealkylation sites (N-methyl/N-ethyl adjacent to an activating group) is 1. The van der Waals surface area contributed by atoms with Crippen molar-refractivity contribution in [1.29, 1.82) is 0 Å². The molecule has 0 unspecified atom stereocenters. The number of thiocarbonyl (C=S) groups is 1. The SMILES string of the molecule is CCN1C(=O)/C(=C/c2ccc(-c3ccc(C(=O)O)cc3)o2)C(=O)NC1=S. The molecule has 2 amide bonds. The summed E-state index contributed by atoms with van der Waals surface area (Å²) in [6, 6.07) is 9.48. The second kappa shape index (κ2) is 6.93. The van der Waals surface area contributed by atoms with Crippen LogP contribution in [0.25, 0.3) is 17.4 Å². The third-order valence-electron chi connectivity index (χ3n) is 3.83. The number of carbonyl (C=O) groups excluding carboxylic acids is 2. The molecule has 26 heavy (non-hydrogen) atoms. The van der Waals surface area contributed by atoms with Gasteiger partial charge in [0.05, 0.1) is 5.56 Å². The highest BCUT2D eigenvalue weighted by Crippen LogP contribution is 2.24. The van der Waals surface area contributed by atoms with Crippen molar-refractivity contribution in [3.05, 3.63) is 53.3 Å². The van der Waals surface area contributed by atoms with Gasteiger partial charge < -0.3 is 9.52 Å². The van der Waals surface area contributed by atoms with Crippen LogP contribution in [0.4, 0.5) is 0 Å². The maximum atomic E-state index is 12.4. The number of furan rings is 1. The maximum Gasteiger partial charge on any atom is 0.335 e. The molecule has 0 radical (unpaired) electrons. The van der Waals surface area contributed by atoms with Gasteiger partial charge in [0.15, 0.2) is 5.11 Å². The Labute approximate surface area is 153 Å². The molecule has 3 rings (SSSR count). The Hall–Kier alpha value is -3.26. The summed E-state index contributed by atoms with van der Waals surface area (Å²) in [5, 5.41) is 11.5. The number of nitrogens with one attached hydrogen (secondary N) is 1. The van der Waals surface area contributed by atoms with Gasteiger partial charge in [-0.25, -0.2) is 4.79 Å². The molecule has 1 aromatic carbocycles. The first-order chi connectivity index (χ1) is 12.4. The van der Waals surface area contributed by atoms with Crippen molar-refractivity contribution in [1.82, 2.24) is 10.2 Å². The van der Waals surface area contributed by atoms with Gasteiger partial charge >= 0.3 is 5.97 Å². The van der Waals surface area contributed by atoms with Crippen LogP contribution in [-0.2, 0) is 9.59 Å². The number of aromatic carboxylic acids is 1. The van der Waals surface area contributed by atoms with Gasteiger partial charge in [0.1, 0.15) is 17.1 Å². The molecule has 0 aliphatic carbocycles. The van der Waals surface area contributed by atoms with Crippen LogP contribution in [0.5, 0.6) is 0 Å². The summed E-state index contributed by atoms with van der Waals surface area (Å²) in [6.07, 6.45) is 1.36. The molecule has 1 aliphatic rings. The van der Waals surface area contributed by atoms with Crippen LogP contribution in [0.1, 0.15) is 23.0 Å². The minimum Gasteiger partial charge on any atom is -0.478 e. The molecular formula is C18H14N2O5S. The van der Waals surface area contributed by atoms with Gasteiger partial charge in [-0.2, -0.15) is 0 Å². The van der Waals surface area contributed by atoms with Gasteiger partial charge in [0, 0.05) is 12.1 Å². The monoisotopic (exact) mass is 370 g/mol. The Morgan fingerprint density at radius 2 is 1.92 bits per heavy atom. The number of amides is 2. The fraction of sp³-hybridized carbons (Fsp3) is 0.111. The van der Waals surface area contributed by atoms with Crippen LogP contribution in [-0.4, -0.2) is 39.4 Å². The maximum absolute atomic E-state index is 12.4. The second-order valence-corrected chi connectivity index (χ2v) is 5.84. The quantitative estimate of drug-likeness (QED) is 0.487. The fourth-order valence-corrected chi connectivity index (χ4v) is 2.79. The average molecular weight is 370 g/mol. The van der Waals surface area contributed by atoms with E-state index in [9.17, 15) is 14.4 Å².